The minimum absolute atomic E-state index is 0.217. The van der Waals surface area contributed by atoms with Gasteiger partial charge >= 0.3 is 111 Å². The van der Waals surface area contributed by atoms with Crippen LogP contribution < -0.4 is 21.5 Å². The van der Waals surface area contributed by atoms with Gasteiger partial charge in [0.2, 0.25) is 0 Å². The van der Waals surface area contributed by atoms with Crippen LogP contribution in [0.1, 0.15) is 32.3 Å². The van der Waals surface area contributed by atoms with E-state index < -0.39 is 0 Å². The van der Waals surface area contributed by atoms with E-state index in [-0.39, 0.29) is 21.5 Å². The fourth-order valence-corrected chi connectivity index (χ4v) is 3.23. The molecule has 0 atom stereocenters. The molecule has 0 saturated heterocycles. The molecule has 0 heterocycles. The molecule has 0 amide bonds. The molecule has 0 N–H and O–H groups in total. The Bertz CT molecular complexity index is 271. The van der Waals surface area contributed by atoms with E-state index in [1.807, 2.05) is 0 Å². The second-order valence-corrected chi connectivity index (χ2v) is 6.86. The molecule has 0 saturated carbocycles. The summed E-state index contributed by atoms with van der Waals surface area (Å²) >= 11 is 0.217. The van der Waals surface area contributed by atoms with Crippen LogP contribution >= 0.6 is 0 Å². The maximum absolute atomic E-state index is 2.64. The molecular formula is C14H23IN-. The third-order valence-electron chi connectivity index (χ3n) is 2.62. The molecular weight excluding hydrogens is 309 g/mol. The predicted octanol–water partition coefficient (Wildman–Crippen LogP) is 0.559. The van der Waals surface area contributed by atoms with E-state index in [0.717, 1.165) is 12.5 Å². The van der Waals surface area contributed by atoms with Gasteiger partial charge in [-0.2, -0.15) is 0 Å². The van der Waals surface area contributed by atoms with Crippen LogP contribution in [-0.4, -0.2) is 14.6 Å². The summed E-state index contributed by atoms with van der Waals surface area (Å²) in [7, 11) is 0. The number of halogens is 1. The molecule has 1 aromatic carbocycles. The first-order chi connectivity index (χ1) is 7.72. The van der Waals surface area contributed by atoms with Crippen molar-refractivity contribution < 1.29 is 21.5 Å². The Hall–Kier alpha value is -0.0900. The molecule has 0 unspecified atom stereocenters. The molecule has 1 nitrogen and oxygen atoms in total. The Morgan fingerprint density at radius 1 is 1.19 bits per heavy atom. The van der Waals surface area contributed by atoms with Crippen molar-refractivity contribution >= 4 is 0 Å². The van der Waals surface area contributed by atoms with Crippen molar-refractivity contribution in [1.29, 1.82) is 0 Å². The molecule has 0 aliphatic heterocycles. The molecule has 0 bridgehead atoms. The Kier molecular flexibility index (Phi) is 7.05. The molecule has 92 valence electrons. The predicted molar refractivity (Wildman–Crippen MR) is 66.8 cm³/mol. The van der Waals surface area contributed by atoms with E-state index in [4.69, 9.17) is 0 Å². The first-order valence-electron chi connectivity index (χ1n) is 6.01. The zero-order valence-electron chi connectivity index (χ0n) is 10.6. The average Bonchev–Trinajstić information content (AvgIpc) is 2.28. The van der Waals surface area contributed by atoms with Gasteiger partial charge in [-0.25, -0.2) is 0 Å². The van der Waals surface area contributed by atoms with Crippen LogP contribution in [0.5, 0.6) is 0 Å². The summed E-state index contributed by atoms with van der Waals surface area (Å²) in [5, 5.41) is 0. The molecule has 2 heteroatoms. The zero-order chi connectivity index (χ0) is 11.8. The summed E-state index contributed by atoms with van der Waals surface area (Å²) in [6.45, 7) is 7.03. The monoisotopic (exact) mass is 332 g/mol. The molecule has 0 spiro atoms. The third kappa shape index (κ3) is 5.85. The van der Waals surface area contributed by atoms with Crippen LogP contribution in [0, 0.1) is 5.92 Å². The summed E-state index contributed by atoms with van der Waals surface area (Å²) in [6.07, 6.45) is 2.70. The van der Waals surface area contributed by atoms with Crippen molar-refractivity contribution in [2.24, 2.45) is 5.92 Å². The van der Waals surface area contributed by atoms with E-state index in [2.05, 4.69) is 52.2 Å². The summed E-state index contributed by atoms with van der Waals surface area (Å²) in [6, 6.07) is 10.8. The summed E-state index contributed by atoms with van der Waals surface area (Å²) in [4.78, 5) is 2.36. The Morgan fingerprint density at radius 3 is 2.44 bits per heavy atom. The fourth-order valence-electron chi connectivity index (χ4n) is 1.68. The number of rotatable bonds is 7. The van der Waals surface area contributed by atoms with Gasteiger partial charge < -0.3 is 0 Å². The third-order valence-corrected chi connectivity index (χ3v) is 4.81. The van der Waals surface area contributed by atoms with E-state index in [0.29, 0.717) is 0 Å². The first-order valence-corrected chi connectivity index (χ1v) is 9.13. The molecule has 0 aliphatic carbocycles. The van der Waals surface area contributed by atoms with Gasteiger partial charge in [0.1, 0.15) is 0 Å². The maximum atomic E-state index is 2.64. The van der Waals surface area contributed by atoms with E-state index in [1.54, 1.807) is 0 Å². The molecule has 0 aromatic heterocycles. The Labute approximate surface area is 111 Å². The van der Waals surface area contributed by atoms with Crippen LogP contribution in [0.4, 0.5) is 0 Å². The molecule has 0 radical (unpaired) electrons. The van der Waals surface area contributed by atoms with Crippen LogP contribution in [0.15, 0.2) is 30.3 Å². The van der Waals surface area contributed by atoms with Crippen molar-refractivity contribution in [1.82, 2.24) is 3.11 Å². The van der Waals surface area contributed by atoms with Crippen LogP contribution in [-0.2, 0) is 6.54 Å². The van der Waals surface area contributed by atoms with Gasteiger partial charge in [-0.3, -0.25) is 0 Å². The number of hydrogen-bond donors (Lipinski definition) is 0. The molecule has 0 fully saturated rings. The van der Waals surface area contributed by atoms with Crippen LogP contribution in [0.2, 0.25) is 0 Å². The van der Waals surface area contributed by atoms with Crippen molar-refractivity contribution in [3.05, 3.63) is 35.9 Å². The van der Waals surface area contributed by atoms with Gasteiger partial charge in [-0.1, -0.05) is 0 Å². The first kappa shape index (κ1) is 14.0. The van der Waals surface area contributed by atoms with E-state index >= 15 is 0 Å². The standard InChI is InChI=1S/C14H23IN/c1-13(2)8-7-11-16(15-3)12-14-9-5-4-6-10-14/h4-6,9-10,13H,7-8,11-12H2,1-3H3/q-1. The molecule has 0 aliphatic rings. The Balaban J connectivity index is 2.32. The topological polar surface area (TPSA) is 3.24 Å². The van der Waals surface area contributed by atoms with Gasteiger partial charge in [0.25, 0.3) is 0 Å². The second-order valence-electron chi connectivity index (χ2n) is 4.54. The summed E-state index contributed by atoms with van der Waals surface area (Å²) < 4.78 is 2.64. The summed E-state index contributed by atoms with van der Waals surface area (Å²) in [5.74, 6) is 0.841. The van der Waals surface area contributed by atoms with Gasteiger partial charge in [-0.15, -0.1) is 0 Å². The van der Waals surface area contributed by atoms with Gasteiger partial charge in [0, 0.05) is 0 Å². The van der Waals surface area contributed by atoms with Gasteiger partial charge in [0.15, 0.2) is 0 Å². The number of hydrogen-bond acceptors (Lipinski definition) is 1. The zero-order valence-corrected chi connectivity index (χ0v) is 12.8. The number of benzene rings is 1. The van der Waals surface area contributed by atoms with E-state index in [9.17, 15) is 0 Å². The molecule has 1 aromatic rings. The molecule has 1 rings (SSSR count). The SMILES string of the molecule is C[I-]N(CCCC(C)C)Cc1ccccc1. The van der Waals surface area contributed by atoms with Crippen LogP contribution in [0.25, 0.3) is 0 Å². The average molecular weight is 332 g/mol. The van der Waals surface area contributed by atoms with Crippen molar-refractivity contribution in [2.75, 3.05) is 11.5 Å². The number of nitrogens with zero attached hydrogens (tertiary/aromatic N) is 1. The number of alkyl halides is 1. The van der Waals surface area contributed by atoms with Crippen molar-refractivity contribution in [3.8, 4) is 0 Å². The Morgan fingerprint density at radius 2 is 1.88 bits per heavy atom. The quantitative estimate of drug-likeness (QED) is 0.401. The normalized spacial score (nSPS) is 11.6. The second kappa shape index (κ2) is 8.07. The van der Waals surface area contributed by atoms with Gasteiger partial charge in [-0.05, 0) is 0 Å². The van der Waals surface area contributed by atoms with E-state index in [1.165, 1.54) is 24.9 Å². The summed E-state index contributed by atoms with van der Waals surface area (Å²) in [5.41, 5.74) is 1.45. The van der Waals surface area contributed by atoms with Crippen LogP contribution in [0.3, 0.4) is 0 Å². The minimum atomic E-state index is 0.217. The van der Waals surface area contributed by atoms with Crippen molar-refractivity contribution in [2.45, 2.75) is 33.2 Å². The van der Waals surface area contributed by atoms with Crippen molar-refractivity contribution in [3.63, 3.8) is 0 Å². The van der Waals surface area contributed by atoms with Gasteiger partial charge in [0.05, 0.1) is 0 Å². The molecule has 16 heavy (non-hydrogen) atoms. The fraction of sp³-hybridized carbons (Fsp3) is 0.571.